The molecule has 182 valence electrons. The van der Waals surface area contributed by atoms with Crippen molar-refractivity contribution >= 4 is 32.9 Å². The molecule has 0 fully saturated rings. The van der Waals surface area contributed by atoms with Crippen molar-refractivity contribution in [1.82, 2.24) is 19.4 Å². The number of hydrogen-bond donors (Lipinski definition) is 1. The van der Waals surface area contributed by atoms with Crippen LogP contribution in [-0.2, 0) is 34.4 Å². The summed E-state index contributed by atoms with van der Waals surface area (Å²) >= 11 is -0.750. The van der Waals surface area contributed by atoms with E-state index in [9.17, 15) is 12.8 Å². The lowest BCUT2D eigenvalue weighted by molar-refractivity contribution is 0.356. The predicted molar refractivity (Wildman–Crippen MR) is 126 cm³/mol. The van der Waals surface area contributed by atoms with Gasteiger partial charge >= 0.3 is 11.6 Å². The number of ether oxygens (including phenoxy) is 1. The molecule has 4 heterocycles. The second-order valence-corrected chi connectivity index (χ2v) is 9.81. The van der Waals surface area contributed by atoms with Gasteiger partial charge in [-0.25, -0.2) is 22.8 Å². The number of pyridine rings is 1. The zero-order chi connectivity index (χ0) is 25.2. The topological polar surface area (TPSA) is 133 Å². The van der Waals surface area contributed by atoms with E-state index in [4.69, 9.17) is 13.2 Å². The molecule has 0 amide bonds. The lowest BCUT2D eigenvalue weighted by Crippen LogP contribution is -2.10. The third kappa shape index (κ3) is 4.91. The van der Waals surface area contributed by atoms with Crippen LogP contribution >= 0.6 is 0 Å². The van der Waals surface area contributed by atoms with Gasteiger partial charge in [0.15, 0.2) is 14.9 Å². The van der Waals surface area contributed by atoms with Gasteiger partial charge in [-0.2, -0.15) is 8.42 Å². The van der Waals surface area contributed by atoms with Gasteiger partial charge in [0.05, 0.1) is 12.1 Å². The number of imidazole rings is 1. The van der Waals surface area contributed by atoms with E-state index < -0.39 is 21.4 Å². The molecule has 0 radical (unpaired) electrons. The summed E-state index contributed by atoms with van der Waals surface area (Å²) in [7, 11) is -3.61. The number of benzene rings is 1. The number of anilines is 1. The molecule has 10 nitrogen and oxygen atoms in total. The van der Waals surface area contributed by atoms with E-state index in [1.807, 2.05) is 19.1 Å². The van der Waals surface area contributed by atoms with E-state index in [0.717, 1.165) is 17.5 Å². The summed E-state index contributed by atoms with van der Waals surface area (Å²) in [4.78, 5) is 12.9. The van der Waals surface area contributed by atoms with E-state index in [0.29, 0.717) is 46.9 Å². The second kappa shape index (κ2) is 9.88. The van der Waals surface area contributed by atoms with Gasteiger partial charge in [-0.05, 0) is 25.1 Å². The Morgan fingerprint density at radius 3 is 2.60 bits per heavy atom. The first kappa shape index (κ1) is 24.4. The highest BCUT2D eigenvalue weighted by Gasteiger charge is 2.23. The highest BCUT2D eigenvalue weighted by molar-refractivity contribution is 7.90. The predicted octanol–water partition coefficient (Wildman–Crippen LogP) is 2.52. The maximum atomic E-state index is 14.5. The quantitative estimate of drug-likeness (QED) is 0.424. The van der Waals surface area contributed by atoms with Gasteiger partial charge in [0.25, 0.3) is 0 Å². The Kier molecular flexibility index (Phi) is 6.89. The van der Waals surface area contributed by atoms with Crippen molar-refractivity contribution in [1.29, 1.82) is 0 Å². The van der Waals surface area contributed by atoms with E-state index in [1.54, 1.807) is 22.9 Å². The lowest BCUT2D eigenvalue weighted by atomic mass is 10.0. The summed E-state index contributed by atoms with van der Waals surface area (Å²) in [6.07, 6.45) is 6.40. The first-order valence-electron chi connectivity index (χ1n) is 10.3. The molecular weight excluding hydrogens is 497 g/mol. The van der Waals surface area contributed by atoms with Crippen molar-refractivity contribution < 1.29 is 26.0 Å². The number of aryl methyl sites for hydroxylation is 1. The highest BCUT2D eigenvalue weighted by atomic mass is 32.2. The number of hydrogen-bond acceptors (Lipinski definition) is 9. The van der Waals surface area contributed by atoms with Crippen molar-refractivity contribution in [3.8, 4) is 16.9 Å². The number of nitrogens with zero attached hydrogens (tertiary/aromatic N) is 4. The summed E-state index contributed by atoms with van der Waals surface area (Å²) in [5, 5.41) is 3.08. The molecule has 4 aromatic rings. The van der Waals surface area contributed by atoms with Crippen molar-refractivity contribution in [3.63, 3.8) is 0 Å². The van der Waals surface area contributed by atoms with Crippen molar-refractivity contribution in [2.45, 2.75) is 24.9 Å². The molecule has 0 saturated carbocycles. The first-order chi connectivity index (χ1) is 16.7. The SMILES string of the molecule is Cc1ccc(-c2cnc(NCc3c(F)ccc4c3CCO4)n3cnc(S(C)(=O)=O)c23)cn1.O=S=O. The molecule has 0 unspecified atom stereocenters. The monoisotopic (exact) mass is 517 g/mol. The van der Waals surface area contributed by atoms with E-state index in [-0.39, 0.29) is 17.4 Å². The zero-order valence-electron chi connectivity index (χ0n) is 18.7. The smallest absolute Gasteiger partial charge is 0.335 e. The van der Waals surface area contributed by atoms with Gasteiger partial charge in [0.2, 0.25) is 5.95 Å². The van der Waals surface area contributed by atoms with Crippen LogP contribution in [0.5, 0.6) is 5.75 Å². The van der Waals surface area contributed by atoms with Gasteiger partial charge in [0.1, 0.15) is 17.9 Å². The number of aromatic nitrogens is 4. The molecule has 0 bridgehead atoms. The molecule has 5 rings (SSSR count). The van der Waals surface area contributed by atoms with Gasteiger partial charge in [-0.15, -0.1) is 0 Å². The fourth-order valence-corrected chi connectivity index (χ4v) is 4.70. The van der Waals surface area contributed by atoms with Gasteiger partial charge in [-0.3, -0.25) is 9.38 Å². The molecule has 1 aliphatic heterocycles. The van der Waals surface area contributed by atoms with Crippen LogP contribution in [0.4, 0.5) is 10.3 Å². The van der Waals surface area contributed by atoms with Crippen LogP contribution in [0.3, 0.4) is 0 Å². The molecule has 1 aromatic carbocycles. The van der Waals surface area contributed by atoms with Crippen LogP contribution in [0.1, 0.15) is 16.8 Å². The second-order valence-electron chi connectivity index (χ2n) is 7.75. The number of halogens is 1. The molecule has 0 aliphatic carbocycles. The van der Waals surface area contributed by atoms with Crippen LogP contribution in [0, 0.1) is 12.7 Å². The van der Waals surface area contributed by atoms with Crippen molar-refractivity contribution in [2.75, 3.05) is 18.2 Å². The molecule has 13 heteroatoms. The molecule has 3 aromatic heterocycles. The van der Waals surface area contributed by atoms with Gasteiger partial charge in [-0.1, -0.05) is 6.07 Å². The molecule has 0 atom stereocenters. The van der Waals surface area contributed by atoms with Crippen LogP contribution < -0.4 is 10.1 Å². The Hall–Kier alpha value is -3.71. The molecule has 1 N–H and O–H groups in total. The van der Waals surface area contributed by atoms with Crippen LogP contribution in [0.2, 0.25) is 0 Å². The Labute approximate surface area is 203 Å². The summed E-state index contributed by atoms with van der Waals surface area (Å²) in [5.74, 6) is 0.704. The minimum atomic E-state index is -3.61. The fourth-order valence-electron chi connectivity index (χ4n) is 3.90. The molecule has 0 spiro atoms. The van der Waals surface area contributed by atoms with Gasteiger partial charge < -0.3 is 10.1 Å². The number of rotatable bonds is 5. The molecule has 1 aliphatic rings. The summed E-state index contributed by atoms with van der Waals surface area (Å²) < 4.78 is 63.0. The maximum absolute atomic E-state index is 14.5. The zero-order valence-corrected chi connectivity index (χ0v) is 20.3. The number of nitrogens with one attached hydrogen (secondary N) is 1. The Morgan fingerprint density at radius 2 is 1.91 bits per heavy atom. The standard InChI is InChI=1S/C22H20FN5O3S.O2S/c1-13-3-4-14(9-24-13)16-10-25-22(28-12-27-21(20(16)28)32(2,29)30)26-11-17-15-7-8-31-19(15)6-5-18(17)23;1-3-2/h3-6,9-10,12H,7-8,11H2,1-2H3,(H,25,26);. The number of fused-ring (bicyclic) bond motifs is 2. The largest absolute Gasteiger partial charge is 0.493 e. The Morgan fingerprint density at radius 1 is 1.14 bits per heavy atom. The molecule has 35 heavy (non-hydrogen) atoms. The highest BCUT2D eigenvalue weighted by Crippen LogP contribution is 2.32. The van der Waals surface area contributed by atoms with E-state index in [2.05, 4.69) is 20.3 Å². The van der Waals surface area contributed by atoms with Crippen LogP contribution in [0.15, 0.2) is 48.0 Å². The van der Waals surface area contributed by atoms with Crippen molar-refractivity contribution in [3.05, 3.63) is 65.6 Å². The minimum Gasteiger partial charge on any atom is -0.493 e. The summed E-state index contributed by atoms with van der Waals surface area (Å²) in [5.41, 5.74) is 3.87. The minimum absolute atomic E-state index is 0.0568. The van der Waals surface area contributed by atoms with Gasteiger partial charge in [0, 0.05) is 59.6 Å². The fraction of sp³-hybridized carbons (Fsp3) is 0.227. The Balaban J connectivity index is 0.000000917. The summed E-state index contributed by atoms with van der Waals surface area (Å²) in [6, 6.07) is 6.72. The molecular formula is C22H20FN5O5S2. The third-order valence-electron chi connectivity index (χ3n) is 5.47. The van der Waals surface area contributed by atoms with E-state index in [1.165, 1.54) is 12.4 Å². The first-order valence-corrected chi connectivity index (χ1v) is 12.9. The lowest BCUT2D eigenvalue weighted by Gasteiger charge is -2.13. The van der Waals surface area contributed by atoms with E-state index >= 15 is 0 Å². The maximum Gasteiger partial charge on any atom is 0.335 e. The third-order valence-corrected chi connectivity index (χ3v) is 6.47. The summed E-state index contributed by atoms with van der Waals surface area (Å²) in [6.45, 7) is 2.56. The van der Waals surface area contributed by atoms with Crippen LogP contribution in [-0.4, -0.2) is 49.1 Å². The average molecular weight is 518 g/mol. The average Bonchev–Trinajstić information content (AvgIpc) is 3.47. The molecule has 0 saturated heterocycles. The van der Waals surface area contributed by atoms with Crippen molar-refractivity contribution in [2.24, 2.45) is 0 Å². The Bertz CT molecular complexity index is 1550. The normalized spacial score (nSPS) is 12.4. The number of sulfone groups is 1. The van der Waals surface area contributed by atoms with Crippen LogP contribution in [0.25, 0.3) is 16.6 Å².